The summed E-state index contributed by atoms with van der Waals surface area (Å²) in [5.74, 6) is 0.162. The Morgan fingerprint density at radius 3 is 2.85 bits per heavy atom. The summed E-state index contributed by atoms with van der Waals surface area (Å²) in [6, 6.07) is 6.65. The molecule has 140 valence electrons. The zero-order valence-corrected chi connectivity index (χ0v) is 16.2. The lowest BCUT2D eigenvalue weighted by atomic mass is 10.1. The van der Waals surface area contributed by atoms with E-state index in [0.29, 0.717) is 34.4 Å². The summed E-state index contributed by atoms with van der Waals surface area (Å²) in [6.07, 6.45) is 4.00. The van der Waals surface area contributed by atoms with E-state index in [4.69, 9.17) is 18.6 Å². The van der Waals surface area contributed by atoms with Gasteiger partial charge in [0.1, 0.15) is 0 Å². The van der Waals surface area contributed by atoms with Crippen LogP contribution in [0.1, 0.15) is 31.1 Å². The van der Waals surface area contributed by atoms with E-state index in [0.717, 1.165) is 0 Å². The number of ether oxygens (including phenoxy) is 3. The number of carbonyl (C=O) groups is 2. The molecule has 27 heavy (non-hydrogen) atoms. The van der Waals surface area contributed by atoms with Gasteiger partial charge < -0.3 is 18.6 Å². The Hall–Kier alpha value is -2.87. The van der Waals surface area contributed by atoms with Crippen LogP contribution in [0.5, 0.6) is 11.5 Å². The average molecular weight is 434 g/mol. The Balaban J connectivity index is 1.91. The number of furan rings is 1. The Labute approximate surface area is 163 Å². The molecule has 2 heterocycles. The molecule has 1 aromatic carbocycles. The highest BCUT2D eigenvalue weighted by Crippen LogP contribution is 2.38. The molecule has 1 aliphatic heterocycles. The third kappa shape index (κ3) is 4.28. The number of aliphatic imine (C=N–C) groups is 1. The second-order valence-corrected chi connectivity index (χ2v) is 6.43. The van der Waals surface area contributed by atoms with Crippen molar-refractivity contribution in [2.75, 3.05) is 7.11 Å². The highest BCUT2D eigenvalue weighted by atomic mass is 79.9. The van der Waals surface area contributed by atoms with Crippen molar-refractivity contribution in [3.63, 3.8) is 0 Å². The van der Waals surface area contributed by atoms with Crippen LogP contribution in [-0.2, 0) is 14.3 Å². The molecule has 0 unspecified atom stereocenters. The second-order valence-electron chi connectivity index (χ2n) is 5.57. The fourth-order valence-electron chi connectivity index (χ4n) is 2.36. The van der Waals surface area contributed by atoms with Crippen LogP contribution in [0.2, 0.25) is 0 Å². The van der Waals surface area contributed by atoms with Crippen molar-refractivity contribution >= 4 is 39.8 Å². The summed E-state index contributed by atoms with van der Waals surface area (Å²) < 4.78 is 21.5. The van der Waals surface area contributed by atoms with Gasteiger partial charge in [-0.05, 0) is 58.3 Å². The van der Waals surface area contributed by atoms with Gasteiger partial charge in [-0.2, -0.15) is 0 Å². The standard InChI is InChI=1S/C19H16BrNO6/c1-3-5-16(22)26-17-12(20)8-11(10-15(17)24-2)9-13-19(23)27-18(21-13)14-6-4-7-25-14/h4,6-10H,3,5H2,1-2H3/b13-9-. The SMILES string of the molecule is CCCC(=O)Oc1c(Br)cc(/C=C2\N=C(c3ccco3)OC2=O)cc1OC. The lowest BCUT2D eigenvalue weighted by Crippen LogP contribution is -2.08. The van der Waals surface area contributed by atoms with E-state index in [2.05, 4.69) is 20.9 Å². The molecule has 0 N–H and O–H groups in total. The molecule has 7 nitrogen and oxygen atoms in total. The van der Waals surface area contributed by atoms with E-state index < -0.39 is 5.97 Å². The molecule has 1 aliphatic rings. The van der Waals surface area contributed by atoms with Crippen LogP contribution >= 0.6 is 15.9 Å². The first-order valence-corrected chi connectivity index (χ1v) is 8.95. The number of cyclic esters (lactones) is 1. The van der Waals surface area contributed by atoms with Gasteiger partial charge in [0.05, 0.1) is 17.8 Å². The van der Waals surface area contributed by atoms with Gasteiger partial charge >= 0.3 is 11.9 Å². The summed E-state index contributed by atoms with van der Waals surface area (Å²) >= 11 is 3.37. The largest absolute Gasteiger partial charge is 0.493 e. The molecule has 0 atom stereocenters. The van der Waals surface area contributed by atoms with Crippen molar-refractivity contribution in [1.82, 2.24) is 0 Å². The van der Waals surface area contributed by atoms with Crippen LogP contribution < -0.4 is 9.47 Å². The van der Waals surface area contributed by atoms with Gasteiger partial charge in [0.2, 0.25) is 0 Å². The minimum absolute atomic E-state index is 0.104. The zero-order chi connectivity index (χ0) is 19.4. The van der Waals surface area contributed by atoms with E-state index in [9.17, 15) is 9.59 Å². The first-order valence-electron chi connectivity index (χ1n) is 8.16. The predicted molar refractivity (Wildman–Crippen MR) is 101 cm³/mol. The molecule has 2 aromatic rings. The molecule has 0 bridgehead atoms. The fourth-order valence-corrected chi connectivity index (χ4v) is 2.90. The Kier molecular flexibility index (Phi) is 5.75. The van der Waals surface area contributed by atoms with Gasteiger partial charge in [0, 0.05) is 6.42 Å². The average Bonchev–Trinajstić information content (AvgIpc) is 3.27. The molecule has 0 spiro atoms. The smallest absolute Gasteiger partial charge is 0.363 e. The molecular weight excluding hydrogens is 418 g/mol. The van der Waals surface area contributed by atoms with Crippen molar-refractivity contribution in [3.8, 4) is 11.5 Å². The van der Waals surface area contributed by atoms with E-state index >= 15 is 0 Å². The Morgan fingerprint density at radius 1 is 1.37 bits per heavy atom. The van der Waals surface area contributed by atoms with Crippen molar-refractivity contribution in [3.05, 3.63) is 52.0 Å². The topological polar surface area (TPSA) is 87.3 Å². The van der Waals surface area contributed by atoms with Gasteiger partial charge in [-0.1, -0.05) is 6.92 Å². The van der Waals surface area contributed by atoms with Crippen LogP contribution in [0, 0.1) is 0 Å². The summed E-state index contributed by atoms with van der Waals surface area (Å²) in [7, 11) is 1.47. The van der Waals surface area contributed by atoms with Crippen molar-refractivity contribution < 1.29 is 28.2 Å². The molecule has 8 heteroatoms. The maximum Gasteiger partial charge on any atom is 0.363 e. The third-order valence-electron chi connectivity index (χ3n) is 3.58. The lowest BCUT2D eigenvalue weighted by molar-refractivity contribution is -0.134. The number of methoxy groups -OCH3 is 1. The molecule has 0 aliphatic carbocycles. The van der Waals surface area contributed by atoms with Crippen LogP contribution in [0.25, 0.3) is 6.08 Å². The first kappa shape index (κ1) is 18.9. The lowest BCUT2D eigenvalue weighted by Gasteiger charge is -2.12. The predicted octanol–water partition coefficient (Wildman–Crippen LogP) is 4.10. The number of benzene rings is 1. The van der Waals surface area contributed by atoms with Gasteiger partial charge in [-0.15, -0.1) is 0 Å². The molecular formula is C19H16BrNO6. The summed E-state index contributed by atoms with van der Waals surface area (Å²) in [6.45, 7) is 1.89. The number of halogens is 1. The van der Waals surface area contributed by atoms with Crippen LogP contribution in [0.15, 0.2) is 50.1 Å². The Bertz CT molecular complexity index is 930. The molecule has 0 saturated carbocycles. The van der Waals surface area contributed by atoms with Crippen molar-refractivity contribution in [2.24, 2.45) is 4.99 Å². The normalized spacial score (nSPS) is 14.9. The second kappa shape index (κ2) is 8.22. The summed E-state index contributed by atoms with van der Waals surface area (Å²) in [4.78, 5) is 28.0. The van der Waals surface area contributed by atoms with Gasteiger partial charge in [0.15, 0.2) is 23.0 Å². The maximum absolute atomic E-state index is 12.0. The van der Waals surface area contributed by atoms with Gasteiger partial charge in [0.25, 0.3) is 5.90 Å². The highest BCUT2D eigenvalue weighted by molar-refractivity contribution is 9.10. The maximum atomic E-state index is 12.0. The number of rotatable bonds is 6. The fraction of sp³-hybridized carbons (Fsp3) is 0.211. The quantitative estimate of drug-likeness (QED) is 0.387. The van der Waals surface area contributed by atoms with E-state index in [1.807, 2.05) is 6.92 Å². The van der Waals surface area contributed by atoms with Crippen molar-refractivity contribution in [2.45, 2.75) is 19.8 Å². The van der Waals surface area contributed by atoms with Gasteiger partial charge in [-0.25, -0.2) is 9.79 Å². The minimum atomic E-state index is -0.588. The molecule has 3 rings (SSSR count). The number of carbonyl (C=O) groups excluding carboxylic acids is 2. The molecule has 0 fully saturated rings. The zero-order valence-electron chi connectivity index (χ0n) is 14.7. The molecule has 1 aromatic heterocycles. The molecule has 0 saturated heterocycles. The third-order valence-corrected chi connectivity index (χ3v) is 4.17. The monoisotopic (exact) mass is 433 g/mol. The number of esters is 2. The van der Waals surface area contributed by atoms with Crippen LogP contribution in [-0.4, -0.2) is 24.9 Å². The van der Waals surface area contributed by atoms with E-state index in [-0.39, 0.29) is 23.3 Å². The molecule has 0 radical (unpaired) electrons. The van der Waals surface area contributed by atoms with Crippen molar-refractivity contribution in [1.29, 1.82) is 0 Å². The minimum Gasteiger partial charge on any atom is -0.493 e. The number of nitrogens with zero attached hydrogens (tertiary/aromatic N) is 1. The Morgan fingerprint density at radius 2 is 2.19 bits per heavy atom. The molecule has 0 amide bonds. The number of hydrogen-bond acceptors (Lipinski definition) is 7. The van der Waals surface area contributed by atoms with Crippen LogP contribution in [0.4, 0.5) is 0 Å². The summed E-state index contributed by atoms with van der Waals surface area (Å²) in [5.41, 5.74) is 0.733. The van der Waals surface area contributed by atoms with E-state index in [1.54, 1.807) is 30.3 Å². The first-order chi connectivity index (χ1) is 13.0. The van der Waals surface area contributed by atoms with Gasteiger partial charge in [-0.3, -0.25) is 4.79 Å². The van der Waals surface area contributed by atoms with E-state index in [1.165, 1.54) is 13.4 Å². The summed E-state index contributed by atoms with van der Waals surface area (Å²) in [5, 5.41) is 0. The van der Waals surface area contributed by atoms with Crippen LogP contribution in [0.3, 0.4) is 0 Å². The number of hydrogen-bond donors (Lipinski definition) is 0. The highest BCUT2D eigenvalue weighted by Gasteiger charge is 2.26.